The Bertz CT molecular complexity index is 1640. The number of carbonyl (C=O) groups is 6. The molecule has 0 heterocycles. The molecule has 6 unspecified atom stereocenters. The summed E-state index contributed by atoms with van der Waals surface area (Å²) < 4.78 is 32.3. The third-order valence-electron chi connectivity index (χ3n) is 12.6. The van der Waals surface area contributed by atoms with E-state index < -0.39 is 17.9 Å². The molecule has 6 atom stereocenters. The van der Waals surface area contributed by atoms with Crippen LogP contribution in [0.5, 0.6) is 0 Å². The second-order valence-electron chi connectivity index (χ2n) is 21.0. The van der Waals surface area contributed by atoms with E-state index >= 15 is 0 Å². The Kier molecular flexibility index (Phi) is 45.9. The number of allylic oxidation sites excluding steroid dienone is 6. The first-order valence-corrected chi connectivity index (χ1v) is 31.5. The topological polar surface area (TPSA) is 185 Å². The average Bonchev–Trinajstić information content (AvgIpc) is 3.36. The molecule has 1 N–H and O–H groups in total. The van der Waals surface area contributed by atoms with E-state index in [4.69, 9.17) is 28.4 Å². The van der Waals surface area contributed by atoms with Gasteiger partial charge >= 0.3 is 35.8 Å². The maximum Gasteiger partial charge on any atom is 0.318 e. The molecule has 0 aromatic heterocycles. The molecule has 0 spiro atoms. The van der Waals surface area contributed by atoms with Gasteiger partial charge in [0.1, 0.15) is 39.6 Å². The fraction of sp³-hybridized carbons (Fsp3) is 0.797. The molecular formula is C59H104N2O13S3. The van der Waals surface area contributed by atoms with Crippen molar-refractivity contribution in [3.63, 3.8) is 0 Å². The van der Waals surface area contributed by atoms with E-state index in [-0.39, 0.29) is 112 Å². The Hall–Kier alpha value is -3.03. The van der Waals surface area contributed by atoms with Crippen molar-refractivity contribution < 1.29 is 62.3 Å². The second kappa shape index (κ2) is 47.7. The molecule has 0 aromatic carbocycles. The first-order valence-electron chi connectivity index (χ1n) is 28.4. The number of carbonyl (C=O) groups excluding carboxylic acids is 6. The van der Waals surface area contributed by atoms with Crippen LogP contribution in [0.15, 0.2) is 34.9 Å². The predicted molar refractivity (Wildman–Crippen MR) is 317 cm³/mol. The zero-order valence-electron chi connectivity index (χ0n) is 49.7. The Balaban J connectivity index is 5.07. The minimum atomic E-state index is -0.476. The lowest BCUT2D eigenvalue weighted by Gasteiger charge is -2.25. The highest BCUT2D eigenvalue weighted by atomic mass is 32.2. The van der Waals surface area contributed by atoms with E-state index in [2.05, 4.69) is 80.5 Å². The van der Waals surface area contributed by atoms with Gasteiger partial charge in [-0.15, -0.1) is 35.3 Å². The smallest absolute Gasteiger partial charge is 0.318 e. The third kappa shape index (κ3) is 45.4. The molecular weight excluding hydrogens is 1040 g/mol. The Morgan fingerprint density at radius 1 is 0.403 bits per heavy atom. The maximum atomic E-state index is 12.8. The van der Waals surface area contributed by atoms with Gasteiger partial charge in [-0.05, 0) is 175 Å². The largest absolute Gasteiger partial charge is 0.462 e. The monoisotopic (exact) mass is 1140 g/mol. The Morgan fingerprint density at radius 2 is 0.675 bits per heavy atom. The van der Waals surface area contributed by atoms with E-state index in [0.29, 0.717) is 50.4 Å². The van der Waals surface area contributed by atoms with Crippen molar-refractivity contribution in [1.29, 1.82) is 0 Å². The van der Waals surface area contributed by atoms with Gasteiger partial charge < -0.3 is 43.3 Å². The van der Waals surface area contributed by atoms with Gasteiger partial charge in [-0.1, -0.05) is 55.7 Å². The van der Waals surface area contributed by atoms with Crippen LogP contribution in [0.25, 0.3) is 0 Å². The Labute approximate surface area is 478 Å². The number of ether oxygens (including phenoxy) is 6. The van der Waals surface area contributed by atoms with Crippen molar-refractivity contribution in [2.45, 2.75) is 182 Å². The van der Waals surface area contributed by atoms with Gasteiger partial charge in [0.2, 0.25) is 0 Å². The quantitative estimate of drug-likeness (QED) is 0.0262. The van der Waals surface area contributed by atoms with Crippen LogP contribution in [-0.4, -0.2) is 169 Å². The molecule has 0 saturated carbocycles. The highest BCUT2D eigenvalue weighted by Gasteiger charge is 2.20. The van der Waals surface area contributed by atoms with Crippen LogP contribution in [-0.2, 0) is 57.2 Å². The molecule has 77 heavy (non-hydrogen) atoms. The first kappa shape index (κ1) is 74.0. The SMILES string of the molecule is CC(C)=CCCC(C)CCSC(C)C(=O)OCCOC(=O)CCN(CCO)CCCN(CCC(=O)OCCOC(=O)C(C)SCCC(C)CCC=C(C)C)CCC(=O)OCCOC(=O)C(C)SCCC(C)CCC=C(C)C. The minimum absolute atomic E-state index is 0.0255. The lowest BCUT2D eigenvalue weighted by molar-refractivity contribution is -0.152. The first-order chi connectivity index (χ1) is 36.6. The van der Waals surface area contributed by atoms with Crippen LogP contribution < -0.4 is 0 Å². The number of aliphatic hydroxyl groups excluding tert-OH is 1. The highest BCUT2D eigenvalue weighted by Crippen LogP contribution is 2.22. The number of hydrogen-bond acceptors (Lipinski definition) is 18. The highest BCUT2D eigenvalue weighted by molar-refractivity contribution is 8.01. The van der Waals surface area contributed by atoms with Gasteiger partial charge in [-0.2, -0.15) is 0 Å². The molecule has 0 aromatic rings. The molecule has 18 heteroatoms. The number of nitrogens with zero attached hydrogens (tertiary/aromatic N) is 2. The molecule has 0 saturated heterocycles. The van der Waals surface area contributed by atoms with Gasteiger partial charge in [-0.25, -0.2) is 0 Å². The fourth-order valence-electron chi connectivity index (χ4n) is 7.48. The Morgan fingerprint density at radius 3 is 0.948 bits per heavy atom. The van der Waals surface area contributed by atoms with Crippen molar-refractivity contribution in [3.8, 4) is 0 Å². The van der Waals surface area contributed by atoms with Gasteiger partial charge in [0, 0.05) is 26.2 Å². The third-order valence-corrected chi connectivity index (χ3v) is 16.1. The summed E-state index contributed by atoms with van der Waals surface area (Å²) in [5.74, 6) is 1.84. The fourth-order valence-corrected chi connectivity index (χ4v) is 10.8. The van der Waals surface area contributed by atoms with Gasteiger partial charge in [0.15, 0.2) is 0 Å². The van der Waals surface area contributed by atoms with Crippen LogP contribution in [0, 0.1) is 17.8 Å². The minimum Gasteiger partial charge on any atom is -0.462 e. The van der Waals surface area contributed by atoms with Crippen molar-refractivity contribution in [3.05, 3.63) is 34.9 Å². The molecule has 0 radical (unpaired) electrons. The van der Waals surface area contributed by atoms with Crippen LogP contribution in [0.1, 0.15) is 167 Å². The van der Waals surface area contributed by atoms with Crippen LogP contribution in [0.2, 0.25) is 0 Å². The summed E-state index contributed by atoms with van der Waals surface area (Å²) in [5.41, 5.74) is 3.97. The number of rotatable bonds is 48. The summed E-state index contributed by atoms with van der Waals surface area (Å²) >= 11 is 4.69. The summed E-state index contributed by atoms with van der Waals surface area (Å²) in [6.07, 6.45) is 17.0. The van der Waals surface area contributed by atoms with Crippen LogP contribution >= 0.6 is 35.3 Å². The zero-order chi connectivity index (χ0) is 57.8. The van der Waals surface area contributed by atoms with E-state index in [1.807, 2.05) is 30.6 Å². The molecule has 0 amide bonds. The van der Waals surface area contributed by atoms with Crippen molar-refractivity contribution >= 4 is 71.1 Å². The lowest BCUT2D eigenvalue weighted by atomic mass is 10.0. The average molecular weight is 1150 g/mol. The number of esters is 6. The summed E-state index contributed by atoms with van der Waals surface area (Å²) in [5, 5.41) is 8.81. The van der Waals surface area contributed by atoms with Crippen molar-refractivity contribution in [2.75, 3.05) is 103 Å². The zero-order valence-corrected chi connectivity index (χ0v) is 52.1. The normalized spacial score (nSPS) is 13.6. The van der Waals surface area contributed by atoms with Crippen molar-refractivity contribution in [2.24, 2.45) is 17.8 Å². The summed E-state index contributed by atoms with van der Waals surface area (Å²) in [6, 6.07) is 0. The van der Waals surface area contributed by atoms with Crippen molar-refractivity contribution in [1.82, 2.24) is 9.80 Å². The molecule has 0 bridgehead atoms. The van der Waals surface area contributed by atoms with E-state index in [1.54, 1.807) is 35.3 Å². The predicted octanol–water partition coefficient (Wildman–Crippen LogP) is 11.1. The second-order valence-corrected chi connectivity index (χ2v) is 25.3. The lowest BCUT2D eigenvalue weighted by Crippen LogP contribution is -2.35. The maximum absolute atomic E-state index is 12.8. The standard InChI is InChI=1S/C59H104N2O13S3/c1-45(2)17-13-20-48(7)26-42-75-51(10)57(66)72-39-36-69-54(63)23-31-60(32-24-55(64)70-37-40-73-58(67)52(11)76-43-27-49(8)21-14-18-46(3)4)29-16-30-61(34-35-62)33-25-56(65)71-38-41-74-59(68)53(12)77-44-28-50(9)22-15-19-47(5)6/h17-19,48-53,62H,13-16,20-44H2,1-12H3. The number of hydrogen-bond donors (Lipinski definition) is 1. The van der Waals surface area contributed by atoms with Crippen LogP contribution in [0.4, 0.5) is 0 Å². The molecule has 446 valence electrons. The van der Waals surface area contributed by atoms with Gasteiger partial charge in [0.25, 0.3) is 0 Å². The molecule has 0 aliphatic rings. The van der Waals surface area contributed by atoms with Gasteiger partial charge in [-0.3, -0.25) is 28.8 Å². The molecule has 0 fully saturated rings. The van der Waals surface area contributed by atoms with E-state index in [9.17, 15) is 33.9 Å². The molecule has 15 nitrogen and oxygen atoms in total. The van der Waals surface area contributed by atoms with Gasteiger partial charge in [0.05, 0.1) is 41.6 Å². The number of thioether (sulfide) groups is 3. The summed E-state index contributed by atoms with van der Waals surface area (Å²) in [7, 11) is 0. The summed E-state index contributed by atoms with van der Waals surface area (Å²) in [6.45, 7) is 26.5. The number of aliphatic hydroxyl groups is 1. The molecule has 0 aliphatic heterocycles. The van der Waals surface area contributed by atoms with Crippen LogP contribution in [0.3, 0.4) is 0 Å². The molecule has 0 aliphatic carbocycles. The van der Waals surface area contributed by atoms with E-state index in [1.165, 1.54) is 16.7 Å². The summed E-state index contributed by atoms with van der Waals surface area (Å²) in [4.78, 5) is 79.9. The molecule has 0 rings (SSSR count). The van der Waals surface area contributed by atoms with E-state index in [0.717, 1.165) is 75.0 Å².